The summed E-state index contributed by atoms with van der Waals surface area (Å²) in [6, 6.07) is 13.5. The number of nitro groups is 1. The highest BCUT2D eigenvalue weighted by molar-refractivity contribution is 5.36. The molecule has 0 saturated carbocycles. The van der Waals surface area contributed by atoms with E-state index < -0.39 is 0 Å². The van der Waals surface area contributed by atoms with E-state index >= 15 is 0 Å². The zero-order chi connectivity index (χ0) is 14.7. The summed E-state index contributed by atoms with van der Waals surface area (Å²) in [5.41, 5.74) is 5.32. The van der Waals surface area contributed by atoms with Gasteiger partial charge in [-0.25, -0.2) is 0 Å². The molecule has 0 unspecified atom stereocenters. The van der Waals surface area contributed by atoms with Crippen molar-refractivity contribution in [2.75, 3.05) is 0 Å². The molecule has 4 nitrogen and oxygen atoms in total. The number of hydrogen-bond donors (Lipinski definition) is 1. The summed E-state index contributed by atoms with van der Waals surface area (Å²) >= 11 is 0. The Balaban J connectivity index is 1.59. The maximum absolute atomic E-state index is 10.7. The summed E-state index contributed by atoms with van der Waals surface area (Å²) in [7, 11) is 0. The van der Waals surface area contributed by atoms with E-state index in [4.69, 9.17) is 0 Å². The average molecular weight is 282 g/mol. The molecule has 0 bridgehead atoms. The summed E-state index contributed by atoms with van der Waals surface area (Å²) in [6.45, 7) is 1.43. The van der Waals surface area contributed by atoms with Gasteiger partial charge in [-0.2, -0.15) is 0 Å². The first kappa shape index (κ1) is 13.8. The fourth-order valence-corrected chi connectivity index (χ4v) is 2.87. The average Bonchev–Trinajstić information content (AvgIpc) is 2.95. The van der Waals surface area contributed by atoms with Crippen LogP contribution in [0.1, 0.15) is 28.7 Å². The van der Waals surface area contributed by atoms with Crippen LogP contribution in [0.15, 0.2) is 42.5 Å². The van der Waals surface area contributed by atoms with Crippen molar-refractivity contribution in [3.05, 3.63) is 74.8 Å². The molecule has 0 atom stereocenters. The van der Waals surface area contributed by atoms with Gasteiger partial charge in [0, 0.05) is 25.2 Å². The first-order chi connectivity index (χ1) is 10.2. The minimum absolute atomic E-state index is 0.145. The van der Waals surface area contributed by atoms with E-state index in [1.165, 1.54) is 42.0 Å². The molecule has 21 heavy (non-hydrogen) atoms. The number of non-ortho nitro benzene ring substituents is 1. The van der Waals surface area contributed by atoms with E-state index in [9.17, 15) is 10.1 Å². The van der Waals surface area contributed by atoms with Gasteiger partial charge in [0.15, 0.2) is 0 Å². The summed E-state index contributed by atoms with van der Waals surface area (Å²) in [5, 5.41) is 14.1. The lowest BCUT2D eigenvalue weighted by Gasteiger charge is -2.07. The number of rotatable bonds is 5. The molecule has 2 aromatic carbocycles. The second-order valence-corrected chi connectivity index (χ2v) is 5.49. The third kappa shape index (κ3) is 3.28. The molecule has 1 aliphatic carbocycles. The van der Waals surface area contributed by atoms with Gasteiger partial charge in [-0.15, -0.1) is 0 Å². The Morgan fingerprint density at radius 3 is 2.57 bits per heavy atom. The highest BCUT2D eigenvalue weighted by Gasteiger charge is 2.10. The summed E-state index contributed by atoms with van der Waals surface area (Å²) < 4.78 is 0. The van der Waals surface area contributed by atoms with Crippen molar-refractivity contribution in [2.24, 2.45) is 0 Å². The van der Waals surface area contributed by atoms with Gasteiger partial charge in [-0.05, 0) is 41.5 Å². The van der Waals surface area contributed by atoms with Crippen LogP contribution in [0.5, 0.6) is 0 Å². The van der Waals surface area contributed by atoms with E-state index in [0.29, 0.717) is 6.54 Å². The van der Waals surface area contributed by atoms with Crippen LogP contribution in [0.4, 0.5) is 5.69 Å². The van der Waals surface area contributed by atoms with Gasteiger partial charge in [-0.3, -0.25) is 10.1 Å². The molecule has 108 valence electrons. The number of nitrogens with one attached hydrogen (secondary N) is 1. The number of fused-ring (bicyclic) bond motifs is 1. The van der Waals surface area contributed by atoms with E-state index in [1.807, 2.05) is 6.07 Å². The van der Waals surface area contributed by atoms with Crippen LogP contribution in [0.2, 0.25) is 0 Å². The van der Waals surface area contributed by atoms with Gasteiger partial charge in [0.25, 0.3) is 5.69 Å². The number of benzene rings is 2. The molecule has 0 fully saturated rings. The number of aryl methyl sites for hydroxylation is 2. The van der Waals surface area contributed by atoms with Gasteiger partial charge >= 0.3 is 0 Å². The number of nitro benzene ring substituents is 1. The van der Waals surface area contributed by atoms with Crippen LogP contribution in [-0.4, -0.2) is 4.92 Å². The molecule has 0 radical (unpaired) electrons. The van der Waals surface area contributed by atoms with Crippen molar-refractivity contribution in [2.45, 2.75) is 32.4 Å². The largest absolute Gasteiger partial charge is 0.309 e. The van der Waals surface area contributed by atoms with Crippen molar-refractivity contribution >= 4 is 5.69 Å². The number of hydrogen-bond acceptors (Lipinski definition) is 3. The van der Waals surface area contributed by atoms with Crippen molar-refractivity contribution in [3.8, 4) is 0 Å². The lowest BCUT2D eigenvalue weighted by Crippen LogP contribution is -2.13. The van der Waals surface area contributed by atoms with Crippen LogP contribution in [0.25, 0.3) is 0 Å². The predicted molar refractivity (Wildman–Crippen MR) is 82.1 cm³/mol. The molecule has 4 heteroatoms. The third-order valence-electron chi connectivity index (χ3n) is 3.94. The van der Waals surface area contributed by atoms with Crippen molar-refractivity contribution in [1.29, 1.82) is 0 Å². The zero-order valence-corrected chi connectivity index (χ0v) is 11.8. The standard InChI is InChI=1S/C17H18N2O2/c20-19(21)17-6-1-3-13(10-17)11-18-12-14-7-8-15-4-2-5-16(15)9-14/h1,3,6-10,18H,2,4-5,11-12H2. The van der Waals surface area contributed by atoms with Crippen molar-refractivity contribution in [1.82, 2.24) is 5.32 Å². The normalized spacial score (nSPS) is 13.1. The minimum atomic E-state index is -0.357. The lowest BCUT2D eigenvalue weighted by atomic mass is 10.1. The molecule has 1 aliphatic rings. The fraction of sp³-hybridized carbons (Fsp3) is 0.294. The maximum atomic E-state index is 10.7. The molecular weight excluding hydrogens is 264 g/mol. The number of nitrogens with zero attached hydrogens (tertiary/aromatic N) is 1. The Bertz CT molecular complexity index is 668. The van der Waals surface area contributed by atoms with Crippen LogP contribution in [0.3, 0.4) is 0 Å². The Morgan fingerprint density at radius 1 is 1.00 bits per heavy atom. The second kappa shape index (κ2) is 6.06. The summed E-state index contributed by atoms with van der Waals surface area (Å²) in [6.07, 6.45) is 3.66. The Kier molecular flexibility index (Phi) is 3.97. The van der Waals surface area contributed by atoms with Gasteiger partial charge in [0.1, 0.15) is 0 Å². The molecule has 0 aromatic heterocycles. The van der Waals surface area contributed by atoms with Gasteiger partial charge in [-0.1, -0.05) is 30.3 Å². The Hall–Kier alpha value is -2.20. The van der Waals surface area contributed by atoms with Crippen LogP contribution < -0.4 is 5.32 Å². The minimum Gasteiger partial charge on any atom is -0.309 e. The van der Waals surface area contributed by atoms with Crippen molar-refractivity contribution in [3.63, 3.8) is 0 Å². The van der Waals surface area contributed by atoms with Crippen LogP contribution in [0, 0.1) is 10.1 Å². The lowest BCUT2D eigenvalue weighted by molar-refractivity contribution is -0.384. The van der Waals surface area contributed by atoms with E-state index in [2.05, 4.69) is 23.5 Å². The highest BCUT2D eigenvalue weighted by Crippen LogP contribution is 2.22. The van der Waals surface area contributed by atoms with E-state index in [0.717, 1.165) is 12.1 Å². The second-order valence-electron chi connectivity index (χ2n) is 5.49. The quantitative estimate of drug-likeness (QED) is 0.675. The molecule has 0 saturated heterocycles. The molecular formula is C17H18N2O2. The first-order valence-corrected chi connectivity index (χ1v) is 7.27. The molecule has 2 aromatic rings. The zero-order valence-electron chi connectivity index (χ0n) is 11.8. The summed E-state index contributed by atoms with van der Waals surface area (Å²) in [5.74, 6) is 0. The van der Waals surface area contributed by atoms with Gasteiger partial charge < -0.3 is 5.32 Å². The molecule has 0 aliphatic heterocycles. The summed E-state index contributed by atoms with van der Waals surface area (Å²) in [4.78, 5) is 10.4. The van der Waals surface area contributed by atoms with Gasteiger partial charge in [0.2, 0.25) is 0 Å². The van der Waals surface area contributed by atoms with E-state index in [-0.39, 0.29) is 10.6 Å². The predicted octanol–water partition coefficient (Wildman–Crippen LogP) is 3.37. The smallest absolute Gasteiger partial charge is 0.269 e. The first-order valence-electron chi connectivity index (χ1n) is 7.27. The SMILES string of the molecule is O=[N+]([O-])c1cccc(CNCc2ccc3c(c2)CCC3)c1. The molecule has 1 N–H and O–H groups in total. The van der Waals surface area contributed by atoms with Crippen LogP contribution >= 0.6 is 0 Å². The monoisotopic (exact) mass is 282 g/mol. The third-order valence-corrected chi connectivity index (χ3v) is 3.94. The van der Waals surface area contributed by atoms with Crippen molar-refractivity contribution < 1.29 is 4.92 Å². The molecule has 3 rings (SSSR count). The fourth-order valence-electron chi connectivity index (χ4n) is 2.87. The van der Waals surface area contributed by atoms with Crippen LogP contribution in [-0.2, 0) is 25.9 Å². The topological polar surface area (TPSA) is 55.2 Å². The maximum Gasteiger partial charge on any atom is 0.269 e. The molecule has 0 amide bonds. The Morgan fingerprint density at radius 2 is 1.76 bits per heavy atom. The molecule has 0 spiro atoms. The van der Waals surface area contributed by atoms with E-state index in [1.54, 1.807) is 12.1 Å². The Labute approximate surface area is 124 Å². The highest BCUT2D eigenvalue weighted by atomic mass is 16.6. The van der Waals surface area contributed by atoms with Gasteiger partial charge in [0.05, 0.1) is 4.92 Å². The molecule has 0 heterocycles.